The molecule has 0 spiro atoms. The molecular formula is C18H27NO2. The van der Waals surface area contributed by atoms with Crippen LogP contribution in [0.1, 0.15) is 45.4 Å². The molecule has 1 aromatic carbocycles. The molecule has 0 fully saturated rings. The molecule has 2 aromatic rings. The number of nitrogens with one attached hydrogen (secondary N) is 1. The van der Waals surface area contributed by atoms with Gasteiger partial charge in [-0.15, -0.1) is 0 Å². The zero-order chi connectivity index (χ0) is 15.3. The Morgan fingerprint density at radius 1 is 1.19 bits per heavy atom. The molecule has 3 heteroatoms. The largest absolute Gasteiger partial charge is 0.459 e. The van der Waals surface area contributed by atoms with Gasteiger partial charge in [-0.1, -0.05) is 45.9 Å². The smallest absolute Gasteiger partial charge is 0.134 e. The van der Waals surface area contributed by atoms with Crippen LogP contribution < -0.4 is 5.32 Å². The molecule has 1 aromatic heterocycles. The van der Waals surface area contributed by atoms with Crippen LogP contribution in [0, 0.1) is 5.41 Å². The Morgan fingerprint density at radius 3 is 2.67 bits per heavy atom. The molecule has 0 saturated heterocycles. The van der Waals surface area contributed by atoms with E-state index in [9.17, 15) is 0 Å². The summed E-state index contributed by atoms with van der Waals surface area (Å²) in [6.07, 6.45) is 1.06. The summed E-state index contributed by atoms with van der Waals surface area (Å²) in [6.45, 7) is 11.9. The van der Waals surface area contributed by atoms with Gasteiger partial charge in [0.05, 0.1) is 13.2 Å². The van der Waals surface area contributed by atoms with Crippen LogP contribution in [0.15, 0.2) is 28.7 Å². The summed E-state index contributed by atoms with van der Waals surface area (Å²) in [5.41, 5.74) is 2.44. The molecule has 0 unspecified atom stereocenters. The summed E-state index contributed by atoms with van der Waals surface area (Å²) in [7, 11) is 0. The van der Waals surface area contributed by atoms with Gasteiger partial charge in [0, 0.05) is 17.6 Å². The van der Waals surface area contributed by atoms with Crippen molar-refractivity contribution in [3.05, 3.63) is 35.6 Å². The Bertz CT molecular complexity index is 566. The van der Waals surface area contributed by atoms with E-state index < -0.39 is 0 Å². The first-order valence-electron chi connectivity index (χ1n) is 7.79. The number of fused-ring (bicyclic) bond motifs is 1. The summed E-state index contributed by atoms with van der Waals surface area (Å²) >= 11 is 0. The molecular weight excluding hydrogens is 262 g/mol. The Morgan fingerprint density at radius 2 is 1.95 bits per heavy atom. The van der Waals surface area contributed by atoms with E-state index in [1.54, 1.807) is 0 Å². The highest BCUT2D eigenvalue weighted by Gasteiger charge is 2.14. The number of ether oxygens (including phenoxy) is 1. The van der Waals surface area contributed by atoms with Gasteiger partial charge in [-0.3, -0.25) is 0 Å². The number of benzene rings is 1. The van der Waals surface area contributed by atoms with Gasteiger partial charge in [-0.05, 0) is 24.4 Å². The van der Waals surface area contributed by atoms with E-state index in [-0.39, 0.29) is 0 Å². The lowest BCUT2D eigenvalue weighted by Gasteiger charge is -2.17. The van der Waals surface area contributed by atoms with E-state index in [1.165, 1.54) is 10.9 Å². The molecule has 0 aliphatic rings. The maximum Gasteiger partial charge on any atom is 0.134 e. The molecule has 0 atom stereocenters. The first-order chi connectivity index (χ1) is 10.0. The van der Waals surface area contributed by atoms with Crippen molar-refractivity contribution in [2.45, 2.75) is 47.3 Å². The molecule has 21 heavy (non-hydrogen) atoms. The van der Waals surface area contributed by atoms with Crippen LogP contribution in [0.2, 0.25) is 0 Å². The van der Waals surface area contributed by atoms with Gasteiger partial charge in [0.1, 0.15) is 11.3 Å². The number of para-hydroxylation sites is 1. The molecule has 0 radical (unpaired) electrons. The van der Waals surface area contributed by atoms with E-state index in [4.69, 9.17) is 9.15 Å². The quantitative estimate of drug-likeness (QED) is 0.762. The molecule has 1 heterocycles. The molecule has 3 nitrogen and oxygen atoms in total. The lowest BCUT2D eigenvalue weighted by Crippen LogP contribution is -2.13. The van der Waals surface area contributed by atoms with Gasteiger partial charge < -0.3 is 14.5 Å². The van der Waals surface area contributed by atoms with Crippen molar-refractivity contribution in [3.63, 3.8) is 0 Å². The number of hydrogen-bond donors (Lipinski definition) is 1. The lowest BCUT2D eigenvalue weighted by molar-refractivity contribution is 0.0957. The summed E-state index contributed by atoms with van der Waals surface area (Å²) in [5, 5.41) is 4.50. The highest BCUT2D eigenvalue weighted by molar-refractivity contribution is 5.82. The van der Waals surface area contributed by atoms with Crippen molar-refractivity contribution >= 4 is 11.0 Å². The number of rotatable bonds is 7. The SMILES string of the molecule is CCNCc1oc2ccccc2c1COCCC(C)(C)C. The molecule has 0 saturated carbocycles. The molecule has 116 valence electrons. The van der Waals surface area contributed by atoms with Gasteiger partial charge in [0.2, 0.25) is 0 Å². The third kappa shape index (κ3) is 4.58. The minimum Gasteiger partial charge on any atom is -0.459 e. The van der Waals surface area contributed by atoms with E-state index in [0.717, 1.165) is 37.5 Å². The first kappa shape index (κ1) is 16.1. The van der Waals surface area contributed by atoms with Crippen LogP contribution in [0.5, 0.6) is 0 Å². The van der Waals surface area contributed by atoms with Crippen LogP contribution in [-0.2, 0) is 17.9 Å². The average molecular weight is 289 g/mol. The molecule has 1 N–H and O–H groups in total. The maximum absolute atomic E-state index is 5.96. The molecule has 0 amide bonds. The number of hydrogen-bond acceptors (Lipinski definition) is 3. The average Bonchev–Trinajstić information content (AvgIpc) is 2.78. The van der Waals surface area contributed by atoms with E-state index in [0.29, 0.717) is 12.0 Å². The second-order valence-electron chi connectivity index (χ2n) is 6.64. The van der Waals surface area contributed by atoms with Crippen molar-refractivity contribution in [2.24, 2.45) is 5.41 Å². The van der Waals surface area contributed by atoms with Gasteiger partial charge in [0.25, 0.3) is 0 Å². The summed E-state index contributed by atoms with van der Waals surface area (Å²) in [5.74, 6) is 0.994. The minimum absolute atomic E-state index is 0.311. The van der Waals surface area contributed by atoms with Crippen molar-refractivity contribution < 1.29 is 9.15 Å². The van der Waals surface area contributed by atoms with E-state index >= 15 is 0 Å². The Labute approximate surface area is 127 Å². The van der Waals surface area contributed by atoms with Crippen molar-refractivity contribution in [1.82, 2.24) is 5.32 Å². The summed E-state index contributed by atoms with van der Waals surface area (Å²) < 4.78 is 11.9. The van der Waals surface area contributed by atoms with E-state index in [1.807, 2.05) is 18.2 Å². The Hall–Kier alpha value is -1.32. The fraction of sp³-hybridized carbons (Fsp3) is 0.556. The van der Waals surface area contributed by atoms with Gasteiger partial charge in [-0.25, -0.2) is 0 Å². The highest BCUT2D eigenvalue weighted by atomic mass is 16.5. The maximum atomic E-state index is 5.96. The zero-order valence-electron chi connectivity index (χ0n) is 13.7. The standard InChI is InChI=1S/C18H27NO2/c1-5-19-12-17-15(13-20-11-10-18(2,3)4)14-8-6-7-9-16(14)21-17/h6-9,19H,5,10-13H2,1-4H3. The van der Waals surface area contributed by atoms with Crippen molar-refractivity contribution in [2.75, 3.05) is 13.2 Å². The molecule has 2 rings (SSSR count). The van der Waals surface area contributed by atoms with Crippen LogP contribution >= 0.6 is 0 Å². The summed E-state index contributed by atoms with van der Waals surface area (Å²) in [6, 6.07) is 8.18. The third-order valence-electron chi connectivity index (χ3n) is 3.56. The highest BCUT2D eigenvalue weighted by Crippen LogP contribution is 2.27. The summed E-state index contributed by atoms with van der Waals surface area (Å²) in [4.78, 5) is 0. The second-order valence-corrected chi connectivity index (χ2v) is 6.64. The zero-order valence-corrected chi connectivity index (χ0v) is 13.7. The minimum atomic E-state index is 0.311. The fourth-order valence-corrected chi connectivity index (χ4v) is 2.24. The van der Waals surface area contributed by atoms with Crippen molar-refractivity contribution in [1.29, 1.82) is 0 Å². The monoisotopic (exact) mass is 289 g/mol. The molecule has 0 aliphatic heterocycles. The van der Waals surface area contributed by atoms with Crippen LogP contribution in [0.3, 0.4) is 0 Å². The van der Waals surface area contributed by atoms with Crippen LogP contribution in [0.25, 0.3) is 11.0 Å². The Kier molecular flexibility index (Phi) is 5.43. The Balaban J connectivity index is 2.08. The van der Waals surface area contributed by atoms with Crippen LogP contribution in [-0.4, -0.2) is 13.2 Å². The van der Waals surface area contributed by atoms with Crippen molar-refractivity contribution in [3.8, 4) is 0 Å². The number of furan rings is 1. The first-order valence-corrected chi connectivity index (χ1v) is 7.79. The van der Waals surface area contributed by atoms with Crippen LogP contribution in [0.4, 0.5) is 0 Å². The second kappa shape index (κ2) is 7.10. The van der Waals surface area contributed by atoms with Gasteiger partial charge in [0.15, 0.2) is 0 Å². The third-order valence-corrected chi connectivity index (χ3v) is 3.56. The van der Waals surface area contributed by atoms with E-state index in [2.05, 4.69) is 39.1 Å². The predicted octanol–water partition coefficient (Wildman–Crippen LogP) is 4.50. The molecule has 0 aliphatic carbocycles. The van der Waals surface area contributed by atoms with Gasteiger partial charge >= 0.3 is 0 Å². The normalized spacial score (nSPS) is 12.2. The lowest BCUT2D eigenvalue weighted by atomic mass is 9.93. The molecule has 0 bridgehead atoms. The topological polar surface area (TPSA) is 34.4 Å². The predicted molar refractivity (Wildman–Crippen MR) is 87.3 cm³/mol. The fourth-order valence-electron chi connectivity index (χ4n) is 2.24. The van der Waals surface area contributed by atoms with Gasteiger partial charge in [-0.2, -0.15) is 0 Å².